The minimum absolute atomic E-state index is 0.0654. The van der Waals surface area contributed by atoms with E-state index in [4.69, 9.17) is 5.73 Å². The fourth-order valence-electron chi connectivity index (χ4n) is 2.67. The smallest absolute Gasteiger partial charge is 0.246 e. The first-order chi connectivity index (χ1) is 8.10. The van der Waals surface area contributed by atoms with E-state index in [9.17, 15) is 4.79 Å². The third-order valence-corrected chi connectivity index (χ3v) is 3.69. The number of nitrogens with two attached hydrogens (primary N) is 1. The van der Waals surface area contributed by atoms with Crippen LogP contribution in [0.3, 0.4) is 0 Å². The Morgan fingerprint density at radius 1 is 1.59 bits per heavy atom. The van der Waals surface area contributed by atoms with Gasteiger partial charge in [-0.3, -0.25) is 9.78 Å². The minimum atomic E-state index is -0.415. The van der Waals surface area contributed by atoms with E-state index >= 15 is 0 Å². The van der Waals surface area contributed by atoms with E-state index in [2.05, 4.69) is 10.3 Å². The number of nitrogens with zero attached hydrogens (tertiary/aromatic N) is 2. The zero-order chi connectivity index (χ0) is 12.0. The summed E-state index contributed by atoms with van der Waals surface area (Å²) in [5, 5.41) is 3.18. The number of amides is 1. The third kappa shape index (κ3) is 1.54. The predicted octanol–water partition coefficient (Wildman–Crippen LogP) is -0.204. The van der Waals surface area contributed by atoms with Crippen molar-refractivity contribution in [2.75, 3.05) is 18.0 Å². The lowest BCUT2D eigenvalue weighted by molar-refractivity contribution is -0.118. The molecular weight excluding hydrogens is 216 g/mol. The molecule has 90 valence electrons. The second kappa shape index (κ2) is 3.51. The van der Waals surface area contributed by atoms with Gasteiger partial charge in [0.25, 0.3) is 0 Å². The minimum Gasteiger partial charge on any atom is -0.322 e. The van der Waals surface area contributed by atoms with E-state index in [-0.39, 0.29) is 11.9 Å². The fourth-order valence-corrected chi connectivity index (χ4v) is 2.67. The summed E-state index contributed by atoms with van der Waals surface area (Å²) in [6.45, 7) is 3.33. The van der Waals surface area contributed by atoms with Crippen LogP contribution in [0.4, 0.5) is 5.69 Å². The van der Waals surface area contributed by atoms with Crippen molar-refractivity contribution in [3.8, 4) is 0 Å². The van der Waals surface area contributed by atoms with Crippen LogP contribution >= 0.6 is 0 Å². The third-order valence-electron chi connectivity index (χ3n) is 3.69. The van der Waals surface area contributed by atoms with E-state index in [1.165, 1.54) is 0 Å². The monoisotopic (exact) mass is 232 g/mol. The molecule has 1 aromatic heterocycles. The van der Waals surface area contributed by atoms with Crippen LogP contribution in [0.25, 0.3) is 0 Å². The van der Waals surface area contributed by atoms with Crippen LogP contribution in [0.15, 0.2) is 18.3 Å². The lowest BCUT2D eigenvalue weighted by Crippen LogP contribution is -2.50. The van der Waals surface area contributed by atoms with Gasteiger partial charge in [0.2, 0.25) is 5.91 Å². The molecule has 0 spiro atoms. The summed E-state index contributed by atoms with van der Waals surface area (Å²) in [5.41, 5.74) is 7.63. The molecule has 2 aliphatic rings. The molecule has 0 radical (unpaired) electrons. The van der Waals surface area contributed by atoms with Gasteiger partial charge in [0.15, 0.2) is 0 Å². The van der Waals surface area contributed by atoms with Crippen molar-refractivity contribution in [3.63, 3.8) is 0 Å². The highest BCUT2D eigenvalue weighted by Gasteiger charge is 2.52. The maximum atomic E-state index is 12.2. The second-order valence-corrected chi connectivity index (χ2v) is 4.95. The summed E-state index contributed by atoms with van der Waals surface area (Å²) < 4.78 is 0. The number of anilines is 1. The quantitative estimate of drug-likeness (QED) is 0.703. The highest BCUT2D eigenvalue weighted by Crippen LogP contribution is 2.31. The molecule has 3 heterocycles. The zero-order valence-electron chi connectivity index (χ0n) is 9.81. The van der Waals surface area contributed by atoms with Crippen LogP contribution in [-0.2, 0) is 4.79 Å². The van der Waals surface area contributed by atoms with Gasteiger partial charge in [0, 0.05) is 12.2 Å². The number of hydrogen-bond donors (Lipinski definition) is 2. The SMILES string of the molecule is Cc1ccc(N2C[C@@]3(N)CCN[C@H]3C2=O)cn1. The zero-order valence-corrected chi connectivity index (χ0v) is 9.81. The highest BCUT2D eigenvalue weighted by molar-refractivity contribution is 6.01. The number of pyridine rings is 1. The Bertz CT molecular complexity index is 458. The molecule has 5 nitrogen and oxygen atoms in total. The van der Waals surface area contributed by atoms with Crippen molar-refractivity contribution in [2.45, 2.75) is 24.9 Å². The standard InChI is InChI=1S/C12H16N4O/c1-8-2-3-9(6-15-8)16-7-12(13)4-5-14-10(12)11(16)17/h2-3,6,10,14H,4-5,7,13H2,1H3/t10-,12-/m0/s1. The lowest BCUT2D eigenvalue weighted by Gasteiger charge is -2.21. The van der Waals surface area contributed by atoms with Gasteiger partial charge >= 0.3 is 0 Å². The first-order valence-corrected chi connectivity index (χ1v) is 5.86. The van der Waals surface area contributed by atoms with E-state index in [0.29, 0.717) is 6.54 Å². The van der Waals surface area contributed by atoms with Crippen molar-refractivity contribution < 1.29 is 4.79 Å². The summed E-state index contributed by atoms with van der Waals surface area (Å²) in [4.78, 5) is 18.2. The van der Waals surface area contributed by atoms with Gasteiger partial charge < -0.3 is 16.0 Å². The van der Waals surface area contributed by atoms with Gasteiger partial charge in [-0.25, -0.2) is 0 Å². The molecule has 2 fully saturated rings. The number of rotatable bonds is 1. The fraction of sp³-hybridized carbons (Fsp3) is 0.500. The van der Waals surface area contributed by atoms with Crippen molar-refractivity contribution >= 4 is 11.6 Å². The maximum absolute atomic E-state index is 12.2. The molecule has 5 heteroatoms. The molecule has 3 rings (SSSR count). The molecular formula is C12H16N4O. The molecule has 0 bridgehead atoms. The Hall–Kier alpha value is -1.46. The number of aromatic nitrogens is 1. The number of carbonyl (C=O) groups excluding carboxylic acids is 1. The average molecular weight is 232 g/mol. The van der Waals surface area contributed by atoms with E-state index in [1.54, 1.807) is 11.1 Å². The van der Waals surface area contributed by atoms with Gasteiger partial charge in [-0.2, -0.15) is 0 Å². The number of aryl methyl sites for hydroxylation is 1. The Kier molecular flexibility index (Phi) is 2.21. The molecule has 1 aromatic rings. The predicted molar refractivity (Wildman–Crippen MR) is 64.7 cm³/mol. The Balaban J connectivity index is 1.91. The molecule has 0 unspecified atom stereocenters. The topological polar surface area (TPSA) is 71.2 Å². The van der Waals surface area contributed by atoms with E-state index < -0.39 is 5.54 Å². The molecule has 0 aromatic carbocycles. The van der Waals surface area contributed by atoms with Gasteiger partial charge in [-0.1, -0.05) is 0 Å². The number of hydrogen-bond acceptors (Lipinski definition) is 4. The molecule has 0 aliphatic carbocycles. The molecule has 2 atom stereocenters. The lowest BCUT2D eigenvalue weighted by atomic mass is 9.95. The first-order valence-electron chi connectivity index (χ1n) is 5.86. The van der Waals surface area contributed by atoms with Crippen LogP contribution < -0.4 is 16.0 Å². The van der Waals surface area contributed by atoms with Crippen molar-refractivity contribution in [1.82, 2.24) is 10.3 Å². The summed E-state index contributed by atoms with van der Waals surface area (Å²) in [6.07, 6.45) is 2.58. The first kappa shape index (κ1) is 10.7. The Labute approximate surface area is 100 Å². The number of fused-ring (bicyclic) bond motifs is 1. The molecule has 17 heavy (non-hydrogen) atoms. The van der Waals surface area contributed by atoms with Crippen LogP contribution in [-0.4, -0.2) is 35.6 Å². The van der Waals surface area contributed by atoms with Crippen molar-refractivity contribution in [1.29, 1.82) is 0 Å². The molecule has 1 amide bonds. The summed E-state index contributed by atoms with van der Waals surface area (Å²) in [6, 6.07) is 3.60. The molecule has 3 N–H and O–H groups in total. The molecule has 2 aliphatic heterocycles. The van der Waals surface area contributed by atoms with Crippen LogP contribution in [0.2, 0.25) is 0 Å². The largest absolute Gasteiger partial charge is 0.322 e. The van der Waals surface area contributed by atoms with Gasteiger partial charge in [0.05, 0.1) is 17.4 Å². The average Bonchev–Trinajstić information content (AvgIpc) is 2.78. The van der Waals surface area contributed by atoms with Gasteiger partial charge in [-0.15, -0.1) is 0 Å². The Morgan fingerprint density at radius 2 is 2.41 bits per heavy atom. The van der Waals surface area contributed by atoms with Crippen molar-refractivity contribution in [2.24, 2.45) is 5.73 Å². The number of nitrogens with one attached hydrogen (secondary N) is 1. The maximum Gasteiger partial charge on any atom is 0.246 e. The van der Waals surface area contributed by atoms with Crippen LogP contribution in [0.5, 0.6) is 0 Å². The highest BCUT2D eigenvalue weighted by atomic mass is 16.2. The Morgan fingerprint density at radius 3 is 3.06 bits per heavy atom. The van der Waals surface area contributed by atoms with Crippen LogP contribution in [0.1, 0.15) is 12.1 Å². The van der Waals surface area contributed by atoms with Crippen LogP contribution in [0, 0.1) is 6.92 Å². The van der Waals surface area contributed by atoms with Gasteiger partial charge in [-0.05, 0) is 32.0 Å². The summed E-state index contributed by atoms with van der Waals surface area (Å²) in [5.74, 6) is 0.0654. The van der Waals surface area contributed by atoms with Crippen molar-refractivity contribution in [3.05, 3.63) is 24.0 Å². The summed E-state index contributed by atoms with van der Waals surface area (Å²) in [7, 11) is 0. The summed E-state index contributed by atoms with van der Waals surface area (Å²) >= 11 is 0. The number of carbonyl (C=O) groups is 1. The van der Waals surface area contributed by atoms with E-state index in [1.807, 2.05) is 19.1 Å². The molecule has 0 saturated carbocycles. The van der Waals surface area contributed by atoms with E-state index in [0.717, 1.165) is 24.3 Å². The second-order valence-electron chi connectivity index (χ2n) is 4.95. The molecule has 2 saturated heterocycles. The normalized spacial score (nSPS) is 32.0. The van der Waals surface area contributed by atoms with Gasteiger partial charge in [0.1, 0.15) is 6.04 Å².